The third-order valence-corrected chi connectivity index (χ3v) is 2.40. The highest BCUT2D eigenvalue weighted by Gasteiger charge is 2.10. The molecule has 2 rings (SSSR count). The van der Waals surface area contributed by atoms with E-state index >= 15 is 0 Å². The number of fused-ring (bicyclic) bond motifs is 1. The smallest absolute Gasteiger partial charge is 0.406 e. The third kappa shape index (κ3) is 1.19. The van der Waals surface area contributed by atoms with Crippen LogP contribution in [0.25, 0.3) is 11.1 Å². The minimum absolute atomic E-state index is 0.369. The zero-order valence-electron chi connectivity index (χ0n) is 6.67. The molecule has 0 aliphatic rings. The van der Waals surface area contributed by atoms with Gasteiger partial charge in [-0.05, 0) is 22.0 Å². The summed E-state index contributed by atoms with van der Waals surface area (Å²) >= 11 is 3.11. The van der Waals surface area contributed by atoms with E-state index in [1.807, 2.05) is 0 Å². The normalized spacial score (nSPS) is 11.0. The molecule has 1 aromatic heterocycles. The number of halogens is 2. The van der Waals surface area contributed by atoms with Crippen LogP contribution >= 0.6 is 15.9 Å². The van der Waals surface area contributed by atoms with Crippen LogP contribution in [0.4, 0.5) is 4.39 Å². The Kier molecular flexibility index (Phi) is 1.76. The lowest BCUT2D eigenvalue weighted by molar-refractivity contribution is 0.526. The molecule has 2 aromatic rings. The number of hydrogen-bond acceptors (Lipinski definition) is 2. The molecule has 68 valence electrons. The standard InChI is InChI=1S/C8H5BrFNO2/c1-11-6-3-4(10)2-5(9)7(6)13-8(11)12/h2-3H,1H3. The average Bonchev–Trinajstić information content (AvgIpc) is 2.32. The summed E-state index contributed by atoms with van der Waals surface area (Å²) in [4.78, 5) is 11.1. The van der Waals surface area contributed by atoms with Gasteiger partial charge in [-0.15, -0.1) is 0 Å². The van der Waals surface area contributed by atoms with E-state index in [9.17, 15) is 9.18 Å². The molecule has 0 N–H and O–H groups in total. The van der Waals surface area contributed by atoms with E-state index in [0.717, 1.165) is 0 Å². The van der Waals surface area contributed by atoms with Crippen LogP contribution in [0.15, 0.2) is 25.8 Å². The Morgan fingerprint density at radius 2 is 2.23 bits per heavy atom. The largest absolute Gasteiger partial charge is 0.419 e. The van der Waals surface area contributed by atoms with Crippen molar-refractivity contribution in [2.45, 2.75) is 0 Å². The molecule has 0 saturated heterocycles. The fourth-order valence-electron chi connectivity index (χ4n) is 1.15. The van der Waals surface area contributed by atoms with Gasteiger partial charge in [0.05, 0.1) is 9.99 Å². The molecule has 0 aliphatic carbocycles. The lowest BCUT2D eigenvalue weighted by Gasteiger charge is -1.93. The maximum atomic E-state index is 12.9. The Hall–Kier alpha value is -1.10. The number of oxazole rings is 1. The van der Waals surface area contributed by atoms with Crippen molar-refractivity contribution < 1.29 is 8.81 Å². The van der Waals surface area contributed by atoms with Gasteiger partial charge in [0, 0.05) is 13.1 Å². The van der Waals surface area contributed by atoms with Crippen LogP contribution in [0.1, 0.15) is 0 Å². The number of aryl methyl sites for hydroxylation is 1. The summed E-state index contributed by atoms with van der Waals surface area (Å²) in [6, 6.07) is 2.51. The monoisotopic (exact) mass is 245 g/mol. The van der Waals surface area contributed by atoms with Gasteiger partial charge < -0.3 is 4.42 Å². The van der Waals surface area contributed by atoms with Crippen LogP contribution < -0.4 is 5.76 Å². The zero-order valence-corrected chi connectivity index (χ0v) is 8.26. The number of nitrogens with zero attached hydrogens (tertiary/aromatic N) is 1. The molecule has 1 aromatic carbocycles. The molecule has 0 bridgehead atoms. The molecule has 5 heteroatoms. The van der Waals surface area contributed by atoms with Crippen molar-refractivity contribution in [3.05, 3.63) is 33.0 Å². The molecule has 0 unspecified atom stereocenters. The number of aromatic nitrogens is 1. The second-order valence-electron chi connectivity index (χ2n) is 2.66. The molecule has 13 heavy (non-hydrogen) atoms. The van der Waals surface area contributed by atoms with Crippen molar-refractivity contribution in [1.29, 1.82) is 0 Å². The van der Waals surface area contributed by atoms with Gasteiger partial charge in [-0.3, -0.25) is 4.57 Å². The molecule has 0 radical (unpaired) electrons. The van der Waals surface area contributed by atoms with E-state index in [2.05, 4.69) is 15.9 Å². The Balaban J connectivity index is 3.03. The van der Waals surface area contributed by atoms with Crippen molar-refractivity contribution >= 4 is 27.0 Å². The third-order valence-electron chi connectivity index (χ3n) is 1.81. The second-order valence-corrected chi connectivity index (χ2v) is 3.52. The molecule has 0 atom stereocenters. The summed E-state index contributed by atoms with van der Waals surface area (Å²) in [6.07, 6.45) is 0. The van der Waals surface area contributed by atoms with Gasteiger partial charge in [0.25, 0.3) is 0 Å². The SMILES string of the molecule is Cn1c(=O)oc2c(Br)cc(F)cc21. The predicted octanol–water partition coefficient (Wildman–Crippen LogP) is 2.03. The fraction of sp³-hybridized carbons (Fsp3) is 0.125. The average molecular weight is 246 g/mol. The molecule has 0 saturated carbocycles. The Morgan fingerprint density at radius 3 is 2.92 bits per heavy atom. The molecule has 0 amide bonds. The molecule has 1 heterocycles. The summed E-state index contributed by atoms with van der Waals surface area (Å²) in [6.45, 7) is 0. The van der Waals surface area contributed by atoms with Gasteiger partial charge in [0.1, 0.15) is 5.82 Å². The number of benzene rings is 1. The minimum atomic E-state index is -0.499. The zero-order chi connectivity index (χ0) is 9.59. The first-order chi connectivity index (χ1) is 6.09. The predicted molar refractivity (Wildman–Crippen MR) is 49.1 cm³/mol. The summed E-state index contributed by atoms with van der Waals surface area (Å²) in [5, 5.41) is 0. The summed E-state index contributed by atoms with van der Waals surface area (Å²) in [7, 11) is 1.53. The van der Waals surface area contributed by atoms with Crippen molar-refractivity contribution in [1.82, 2.24) is 4.57 Å². The molecule has 0 fully saturated rings. The summed E-state index contributed by atoms with van der Waals surface area (Å²) < 4.78 is 19.5. The quantitative estimate of drug-likeness (QED) is 0.712. The van der Waals surface area contributed by atoms with E-state index < -0.39 is 11.6 Å². The van der Waals surface area contributed by atoms with E-state index in [0.29, 0.717) is 15.6 Å². The Bertz CT molecular complexity index is 529. The molecule has 3 nitrogen and oxygen atoms in total. The van der Waals surface area contributed by atoms with Crippen LogP contribution in [-0.2, 0) is 7.05 Å². The first-order valence-corrected chi connectivity index (χ1v) is 4.33. The van der Waals surface area contributed by atoms with Crippen LogP contribution in [0.3, 0.4) is 0 Å². The van der Waals surface area contributed by atoms with E-state index in [1.165, 1.54) is 23.7 Å². The fourth-order valence-corrected chi connectivity index (χ4v) is 1.65. The maximum absolute atomic E-state index is 12.9. The lowest BCUT2D eigenvalue weighted by Crippen LogP contribution is -2.08. The van der Waals surface area contributed by atoms with Gasteiger partial charge in [-0.25, -0.2) is 9.18 Å². The van der Waals surface area contributed by atoms with Gasteiger partial charge in [0.2, 0.25) is 0 Å². The lowest BCUT2D eigenvalue weighted by atomic mass is 10.3. The first kappa shape index (κ1) is 8.50. The van der Waals surface area contributed by atoms with E-state index in [4.69, 9.17) is 4.42 Å². The van der Waals surface area contributed by atoms with Gasteiger partial charge in [0.15, 0.2) is 5.58 Å². The van der Waals surface area contributed by atoms with Crippen LogP contribution in [0.5, 0.6) is 0 Å². The van der Waals surface area contributed by atoms with Gasteiger partial charge in [-0.2, -0.15) is 0 Å². The highest BCUT2D eigenvalue weighted by atomic mass is 79.9. The highest BCUT2D eigenvalue weighted by molar-refractivity contribution is 9.10. The molecular formula is C8H5BrFNO2. The molecular weight excluding hydrogens is 241 g/mol. The van der Waals surface area contributed by atoms with E-state index in [1.54, 1.807) is 0 Å². The van der Waals surface area contributed by atoms with Crippen LogP contribution in [0, 0.1) is 5.82 Å². The summed E-state index contributed by atoms with van der Waals surface area (Å²) in [5.41, 5.74) is 0.811. The highest BCUT2D eigenvalue weighted by Crippen LogP contribution is 2.23. The van der Waals surface area contributed by atoms with Crippen LogP contribution in [0.2, 0.25) is 0 Å². The van der Waals surface area contributed by atoms with Crippen molar-refractivity contribution in [3.63, 3.8) is 0 Å². The topological polar surface area (TPSA) is 35.1 Å². The van der Waals surface area contributed by atoms with E-state index in [-0.39, 0.29) is 0 Å². The van der Waals surface area contributed by atoms with Crippen molar-refractivity contribution in [3.8, 4) is 0 Å². The Labute approximate surface area is 80.9 Å². The minimum Gasteiger partial charge on any atom is -0.406 e. The van der Waals surface area contributed by atoms with Gasteiger partial charge in [-0.1, -0.05) is 0 Å². The number of rotatable bonds is 0. The Morgan fingerprint density at radius 1 is 1.54 bits per heavy atom. The molecule has 0 aliphatic heterocycles. The van der Waals surface area contributed by atoms with Gasteiger partial charge >= 0.3 is 5.76 Å². The maximum Gasteiger partial charge on any atom is 0.419 e. The second kappa shape index (κ2) is 2.70. The molecule has 0 spiro atoms. The van der Waals surface area contributed by atoms with Crippen molar-refractivity contribution in [2.75, 3.05) is 0 Å². The first-order valence-electron chi connectivity index (χ1n) is 3.54. The summed E-state index contributed by atoms with van der Waals surface area (Å²) in [5.74, 6) is -0.905. The van der Waals surface area contributed by atoms with Crippen LogP contribution in [-0.4, -0.2) is 4.57 Å². The van der Waals surface area contributed by atoms with Crippen molar-refractivity contribution in [2.24, 2.45) is 7.05 Å². The number of hydrogen-bond donors (Lipinski definition) is 0.